The van der Waals surface area contributed by atoms with E-state index < -0.39 is 12.7 Å². The molecule has 2 rings (SSSR count). The summed E-state index contributed by atoms with van der Waals surface area (Å²) in [4.78, 5) is 0. The number of rotatable bonds is 2. The first-order valence-corrected chi connectivity index (χ1v) is 5.60. The van der Waals surface area contributed by atoms with E-state index in [4.69, 9.17) is 11.6 Å². The van der Waals surface area contributed by atoms with Crippen molar-refractivity contribution in [2.24, 2.45) is 0 Å². The zero-order chi connectivity index (χ0) is 13.3. The number of aromatic nitrogens is 2. The van der Waals surface area contributed by atoms with E-state index in [1.807, 2.05) is 0 Å². The summed E-state index contributed by atoms with van der Waals surface area (Å²) in [5.41, 5.74) is 1.82. The lowest BCUT2D eigenvalue weighted by Gasteiger charge is -2.05. The molecular formula is C12H10ClF3N2. The maximum atomic E-state index is 12.3. The summed E-state index contributed by atoms with van der Waals surface area (Å²) >= 11 is 6.01. The van der Waals surface area contributed by atoms with Gasteiger partial charge in [-0.3, -0.25) is 4.68 Å². The Bertz CT molecular complexity index is 561. The lowest BCUT2D eigenvalue weighted by atomic mass is 10.1. The number of halogens is 4. The zero-order valence-corrected chi connectivity index (χ0v) is 10.3. The number of hydrogen-bond donors (Lipinski definition) is 0. The van der Waals surface area contributed by atoms with Gasteiger partial charge in [0, 0.05) is 22.3 Å². The molecular weight excluding hydrogens is 265 g/mol. The molecule has 1 heterocycles. The fourth-order valence-corrected chi connectivity index (χ4v) is 1.96. The first kappa shape index (κ1) is 13.0. The Labute approximate surface area is 107 Å². The molecule has 0 amide bonds. The van der Waals surface area contributed by atoms with Gasteiger partial charge in [-0.15, -0.1) is 0 Å². The van der Waals surface area contributed by atoms with Crippen molar-refractivity contribution in [3.05, 3.63) is 41.2 Å². The van der Waals surface area contributed by atoms with Gasteiger partial charge in [-0.25, -0.2) is 0 Å². The van der Waals surface area contributed by atoms with Crippen molar-refractivity contribution < 1.29 is 13.2 Å². The van der Waals surface area contributed by atoms with Crippen LogP contribution < -0.4 is 0 Å². The Balaban J connectivity index is 2.39. The Morgan fingerprint density at radius 3 is 2.50 bits per heavy atom. The molecule has 0 aliphatic carbocycles. The van der Waals surface area contributed by atoms with Crippen LogP contribution in [-0.2, 0) is 6.54 Å². The second-order valence-electron chi connectivity index (χ2n) is 3.92. The minimum Gasteiger partial charge on any atom is -0.263 e. The quantitative estimate of drug-likeness (QED) is 0.807. The van der Waals surface area contributed by atoms with Crippen LogP contribution in [0, 0.1) is 6.92 Å². The average molecular weight is 275 g/mol. The number of benzene rings is 1. The summed E-state index contributed by atoms with van der Waals surface area (Å²) in [6.07, 6.45) is -2.92. The predicted octanol–water partition coefficient (Wildman–Crippen LogP) is 4.07. The van der Waals surface area contributed by atoms with Gasteiger partial charge in [0.2, 0.25) is 0 Å². The molecule has 18 heavy (non-hydrogen) atoms. The van der Waals surface area contributed by atoms with Crippen molar-refractivity contribution in [3.8, 4) is 11.1 Å². The van der Waals surface area contributed by atoms with Crippen molar-refractivity contribution in [1.29, 1.82) is 0 Å². The molecule has 0 unspecified atom stereocenters. The fraction of sp³-hybridized carbons (Fsp3) is 0.250. The second kappa shape index (κ2) is 4.65. The van der Waals surface area contributed by atoms with Gasteiger partial charge in [-0.05, 0) is 13.0 Å². The molecule has 0 atom stereocenters. The molecule has 2 nitrogen and oxygen atoms in total. The number of nitrogens with zero attached hydrogens (tertiary/aromatic N) is 2. The van der Waals surface area contributed by atoms with Gasteiger partial charge in [-0.2, -0.15) is 18.3 Å². The Hall–Kier alpha value is -1.49. The van der Waals surface area contributed by atoms with Crippen LogP contribution in [0.25, 0.3) is 11.1 Å². The molecule has 0 radical (unpaired) electrons. The zero-order valence-electron chi connectivity index (χ0n) is 9.50. The van der Waals surface area contributed by atoms with Crippen molar-refractivity contribution in [3.63, 3.8) is 0 Å². The molecule has 0 bridgehead atoms. The van der Waals surface area contributed by atoms with Crippen molar-refractivity contribution in [1.82, 2.24) is 9.78 Å². The molecule has 0 aliphatic rings. The third kappa shape index (κ3) is 2.85. The smallest absolute Gasteiger partial charge is 0.263 e. The predicted molar refractivity (Wildman–Crippen MR) is 63.5 cm³/mol. The van der Waals surface area contributed by atoms with E-state index in [0.29, 0.717) is 21.8 Å². The Morgan fingerprint density at radius 1 is 1.22 bits per heavy atom. The van der Waals surface area contributed by atoms with Gasteiger partial charge in [0.25, 0.3) is 0 Å². The fourth-order valence-electron chi connectivity index (χ4n) is 1.73. The summed E-state index contributed by atoms with van der Waals surface area (Å²) in [7, 11) is 0. The highest BCUT2D eigenvalue weighted by atomic mass is 35.5. The SMILES string of the molecule is Cc1nn(CC(F)(F)F)cc1-c1ccccc1Cl. The third-order valence-electron chi connectivity index (χ3n) is 2.45. The first-order valence-electron chi connectivity index (χ1n) is 5.22. The van der Waals surface area contributed by atoms with Gasteiger partial charge in [0.05, 0.1) is 5.69 Å². The molecule has 96 valence electrons. The van der Waals surface area contributed by atoms with Crippen LogP contribution in [0.3, 0.4) is 0 Å². The van der Waals surface area contributed by atoms with Gasteiger partial charge >= 0.3 is 6.18 Å². The molecule has 0 fully saturated rings. The number of aryl methyl sites for hydroxylation is 1. The summed E-state index contributed by atoms with van der Waals surface area (Å²) in [5.74, 6) is 0. The summed E-state index contributed by atoms with van der Waals surface area (Å²) in [6, 6.07) is 6.99. The van der Waals surface area contributed by atoms with E-state index in [9.17, 15) is 13.2 Å². The molecule has 6 heteroatoms. The molecule has 1 aromatic carbocycles. The highest BCUT2D eigenvalue weighted by Gasteiger charge is 2.28. The minimum atomic E-state index is -4.28. The van der Waals surface area contributed by atoms with Crippen LogP contribution in [-0.4, -0.2) is 16.0 Å². The van der Waals surface area contributed by atoms with E-state index in [2.05, 4.69) is 5.10 Å². The summed E-state index contributed by atoms with van der Waals surface area (Å²) < 4.78 is 37.7. The van der Waals surface area contributed by atoms with E-state index >= 15 is 0 Å². The van der Waals surface area contributed by atoms with Crippen LogP contribution in [0.4, 0.5) is 13.2 Å². The first-order chi connectivity index (χ1) is 8.37. The van der Waals surface area contributed by atoms with Crippen LogP contribution in [0.5, 0.6) is 0 Å². The van der Waals surface area contributed by atoms with E-state index in [0.717, 1.165) is 4.68 Å². The van der Waals surface area contributed by atoms with Crippen molar-refractivity contribution in [2.45, 2.75) is 19.6 Å². The standard InChI is InChI=1S/C12H10ClF3N2/c1-8-10(9-4-2-3-5-11(9)13)6-18(17-8)7-12(14,15)16/h2-6H,7H2,1H3. The number of alkyl halides is 3. The van der Waals surface area contributed by atoms with E-state index in [1.165, 1.54) is 6.20 Å². The van der Waals surface area contributed by atoms with Gasteiger partial charge < -0.3 is 0 Å². The van der Waals surface area contributed by atoms with Gasteiger partial charge in [-0.1, -0.05) is 29.8 Å². The second-order valence-corrected chi connectivity index (χ2v) is 4.33. The number of hydrogen-bond acceptors (Lipinski definition) is 1. The van der Waals surface area contributed by atoms with Crippen molar-refractivity contribution in [2.75, 3.05) is 0 Å². The molecule has 0 aliphatic heterocycles. The van der Waals surface area contributed by atoms with Crippen LogP contribution in [0.15, 0.2) is 30.5 Å². The van der Waals surface area contributed by atoms with Crippen LogP contribution in [0.2, 0.25) is 5.02 Å². The topological polar surface area (TPSA) is 17.8 Å². The summed E-state index contributed by atoms with van der Waals surface area (Å²) in [6.45, 7) is 0.559. The van der Waals surface area contributed by atoms with Gasteiger partial charge in [0.15, 0.2) is 0 Å². The van der Waals surface area contributed by atoms with Crippen LogP contribution in [0.1, 0.15) is 5.69 Å². The maximum absolute atomic E-state index is 12.3. The minimum absolute atomic E-state index is 0.493. The molecule has 1 aromatic heterocycles. The normalized spacial score (nSPS) is 11.8. The van der Waals surface area contributed by atoms with Crippen molar-refractivity contribution >= 4 is 11.6 Å². The van der Waals surface area contributed by atoms with Gasteiger partial charge in [0.1, 0.15) is 6.54 Å². The Kier molecular flexibility index (Phi) is 3.34. The van der Waals surface area contributed by atoms with E-state index in [-0.39, 0.29) is 0 Å². The molecule has 0 N–H and O–H groups in total. The molecule has 0 saturated heterocycles. The largest absolute Gasteiger partial charge is 0.408 e. The average Bonchev–Trinajstić information content (AvgIpc) is 2.57. The lowest BCUT2D eigenvalue weighted by Crippen LogP contribution is -2.17. The van der Waals surface area contributed by atoms with Crippen LogP contribution >= 0.6 is 11.6 Å². The maximum Gasteiger partial charge on any atom is 0.408 e. The Morgan fingerprint density at radius 2 is 1.89 bits per heavy atom. The highest BCUT2D eigenvalue weighted by Crippen LogP contribution is 2.30. The third-order valence-corrected chi connectivity index (χ3v) is 2.78. The molecule has 0 saturated carbocycles. The summed E-state index contributed by atoms with van der Waals surface area (Å²) in [5, 5.41) is 4.34. The monoisotopic (exact) mass is 274 g/mol. The van der Waals surface area contributed by atoms with E-state index in [1.54, 1.807) is 31.2 Å². The lowest BCUT2D eigenvalue weighted by molar-refractivity contribution is -0.142. The molecule has 2 aromatic rings. The highest BCUT2D eigenvalue weighted by molar-refractivity contribution is 6.33. The molecule has 0 spiro atoms.